The highest BCUT2D eigenvalue weighted by atomic mass is 35.5. The molecule has 2 N–H and O–H groups in total. The number of nitriles is 1. The third-order valence-corrected chi connectivity index (χ3v) is 11.2. The summed E-state index contributed by atoms with van der Waals surface area (Å²) in [6, 6.07) is 5.20. The van der Waals surface area contributed by atoms with Crippen LogP contribution in [0.5, 0.6) is 6.01 Å². The number of fused-ring (bicyclic) bond motifs is 5. The van der Waals surface area contributed by atoms with E-state index < -0.39 is 17.5 Å². The van der Waals surface area contributed by atoms with Crippen molar-refractivity contribution in [3.8, 4) is 23.2 Å². The van der Waals surface area contributed by atoms with Gasteiger partial charge in [-0.15, -0.1) is 11.3 Å². The molecule has 2 aromatic carbocycles. The van der Waals surface area contributed by atoms with E-state index in [-0.39, 0.29) is 52.2 Å². The standard InChI is InChI=1S/C38H39ClFN7O6S/c1-38(2,3)52-37(48)45-35-22(13-41)29-21(9-10-25(40)33(29)54-35)28-23-17-49-18-24(23)30-32(31(28)39)43-36(51-16-19-15-47(4)11-12-50-19)44-34(30)42-14-26-20-7-5-6-8-27(20)53-46-26/h9-10,19H,5-8,11-12,14-18H2,1-4H3,(H,45,48)(H,42,43,44)/t19-/m1/s1. The third-order valence-electron chi connectivity index (χ3n) is 9.76. The van der Waals surface area contributed by atoms with Gasteiger partial charge in [0.05, 0.1) is 52.6 Å². The van der Waals surface area contributed by atoms with Crippen LogP contribution in [0.1, 0.15) is 67.3 Å². The van der Waals surface area contributed by atoms with Gasteiger partial charge < -0.3 is 33.7 Å². The maximum Gasteiger partial charge on any atom is 0.412 e. The number of rotatable bonds is 8. The van der Waals surface area contributed by atoms with Gasteiger partial charge in [-0.2, -0.15) is 15.2 Å². The number of anilines is 2. The molecular weight excluding hydrogens is 737 g/mol. The van der Waals surface area contributed by atoms with Crippen LogP contribution in [0.2, 0.25) is 5.02 Å². The Kier molecular flexibility index (Phi) is 9.82. The van der Waals surface area contributed by atoms with E-state index in [9.17, 15) is 10.1 Å². The first kappa shape index (κ1) is 36.4. The number of ether oxygens (including phenoxy) is 4. The number of halogens is 2. The first-order chi connectivity index (χ1) is 26.0. The Morgan fingerprint density at radius 3 is 2.78 bits per heavy atom. The van der Waals surface area contributed by atoms with E-state index in [1.54, 1.807) is 26.8 Å². The zero-order valence-corrected chi connectivity index (χ0v) is 31.9. The molecule has 54 heavy (non-hydrogen) atoms. The molecule has 3 aliphatic rings. The van der Waals surface area contributed by atoms with Crippen molar-refractivity contribution in [3.05, 3.63) is 56.7 Å². The second-order valence-corrected chi connectivity index (χ2v) is 16.1. The summed E-state index contributed by atoms with van der Waals surface area (Å²) in [5.74, 6) is 0.863. The molecule has 13 nitrogen and oxygen atoms in total. The second-order valence-electron chi connectivity index (χ2n) is 14.7. The van der Waals surface area contributed by atoms with Crippen molar-refractivity contribution < 1.29 is 32.7 Å². The fourth-order valence-electron chi connectivity index (χ4n) is 7.35. The van der Waals surface area contributed by atoms with Crippen molar-refractivity contribution in [3.63, 3.8) is 0 Å². The van der Waals surface area contributed by atoms with Gasteiger partial charge >= 0.3 is 12.1 Å². The van der Waals surface area contributed by atoms with Crippen molar-refractivity contribution in [2.45, 2.75) is 77.9 Å². The summed E-state index contributed by atoms with van der Waals surface area (Å²) in [6.07, 6.45) is 2.97. The molecule has 5 heterocycles. The molecule has 8 rings (SSSR count). The lowest BCUT2D eigenvalue weighted by molar-refractivity contribution is -0.0416. The van der Waals surface area contributed by atoms with E-state index in [4.69, 9.17) is 45.0 Å². The number of morpholine rings is 1. The molecule has 1 atom stereocenters. The summed E-state index contributed by atoms with van der Waals surface area (Å²) < 4.78 is 45.0. The lowest BCUT2D eigenvalue weighted by Crippen LogP contribution is -2.42. The van der Waals surface area contributed by atoms with Crippen LogP contribution in [0.25, 0.3) is 32.1 Å². The number of nitrogens with zero attached hydrogens (tertiary/aromatic N) is 5. The zero-order chi connectivity index (χ0) is 37.7. The summed E-state index contributed by atoms with van der Waals surface area (Å²) >= 11 is 8.37. The third kappa shape index (κ3) is 6.93. The molecule has 0 saturated carbocycles. The number of carbonyl (C=O) groups is 1. The smallest absolute Gasteiger partial charge is 0.412 e. The van der Waals surface area contributed by atoms with Crippen LogP contribution >= 0.6 is 22.9 Å². The molecule has 1 amide bonds. The largest absolute Gasteiger partial charge is 0.461 e. The normalized spacial score (nSPS) is 17.3. The molecule has 1 saturated heterocycles. The van der Waals surface area contributed by atoms with Crippen molar-refractivity contribution in [2.75, 3.05) is 44.0 Å². The highest BCUT2D eigenvalue weighted by molar-refractivity contribution is 7.23. The van der Waals surface area contributed by atoms with Crippen LogP contribution in [-0.4, -0.2) is 71.2 Å². The molecule has 282 valence electrons. The van der Waals surface area contributed by atoms with Crippen LogP contribution in [-0.2, 0) is 46.8 Å². The Morgan fingerprint density at radius 1 is 1.17 bits per heavy atom. The Balaban J connectivity index is 1.26. The molecule has 0 radical (unpaired) electrons. The van der Waals surface area contributed by atoms with Gasteiger partial charge in [0.2, 0.25) is 0 Å². The maximum absolute atomic E-state index is 15.6. The lowest BCUT2D eigenvalue weighted by Gasteiger charge is -2.29. The van der Waals surface area contributed by atoms with Gasteiger partial charge in [-0.25, -0.2) is 9.18 Å². The highest BCUT2D eigenvalue weighted by Crippen LogP contribution is 2.50. The average Bonchev–Trinajstić information content (AvgIpc) is 3.87. The van der Waals surface area contributed by atoms with Gasteiger partial charge in [-0.05, 0) is 69.8 Å². The Morgan fingerprint density at radius 2 is 1.98 bits per heavy atom. The van der Waals surface area contributed by atoms with Gasteiger partial charge in [0.1, 0.15) is 52.5 Å². The van der Waals surface area contributed by atoms with Crippen LogP contribution in [0.15, 0.2) is 16.7 Å². The van der Waals surface area contributed by atoms with Crippen molar-refractivity contribution in [1.82, 2.24) is 20.0 Å². The van der Waals surface area contributed by atoms with E-state index in [2.05, 4.69) is 26.8 Å². The molecule has 0 spiro atoms. The monoisotopic (exact) mass is 775 g/mol. The molecule has 3 aromatic heterocycles. The fourth-order valence-corrected chi connectivity index (χ4v) is 8.77. The van der Waals surface area contributed by atoms with Crippen molar-refractivity contribution in [2.24, 2.45) is 0 Å². The van der Waals surface area contributed by atoms with Gasteiger partial charge in [0.25, 0.3) is 0 Å². The predicted molar refractivity (Wildman–Crippen MR) is 202 cm³/mol. The first-order valence-electron chi connectivity index (χ1n) is 17.9. The Labute approximate surface area is 319 Å². The highest BCUT2D eigenvalue weighted by Gasteiger charge is 2.31. The van der Waals surface area contributed by atoms with Crippen molar-refractivity contribution in [1.29, 1.82) is 5.26 Å². The number of aromatic nitrogens is 3. The fraction of sp³-hybridized carbons (Fsp3) is 0.447. The maximum atomic E-state index is 15.6. The quantitative estimate of drug-likeness (QED) is 0.158. The molecule has 5 aromatic rings. The SMILES string of the molecule is CN1CCO[C@@H](COc2nc(NCc3noc4c3CCCC4)c3c4c(c(-c5ccc(F)c6sc(NC(=O)OC(C)(C)C)c(C#N)c56)c(Cl)c3n2)COC4)C1. The molecule has 16 heteroatoms. The number of hydrogen-bond donors (Lipinski definition) is 2. The number of amides is 1. The van der Waals surface area contributed by atoms with Crippen LogP contribution in [0.4, 0.5) is 20.0 Å². The summed E-state index contributed by atoms with van der Waals surface area (Å²) in [7, 11) is 2.03. The van der Waals surface area contributed by atoms with Gasteiger partial charge in [-0.1, -0.05) is 22.8 Å². The van der Waals surface area contributed by atoms with Gasteiger partial charge in [0, 0.05) is 36.0 Å². The van der Waals surface area contributed by atoms with Crippen LogP contribution in [0, 0.1) is 17.1 Å². The summed E-state index contributed by atoms with van der Waals surface area (Å²) in [5, 5.41) is 22.3. The predicted octanol–water partition coefficient (Wildman–Crippen LogP) is 7.74. The van der Waals surface area contributed by atoms with Gasteiger partial charge in [0.15, 0.2) is 0 Å². The number of benzene rings is 2. The first-order valence-corrected chi connectivity index (χ1v) is 19.1. The Bertz CT molecular complexity index is 2330. The summed E-state index contributed by atoms with van der Waals surface area (Å²) in [6.45, 7) is 8.32. The van der Waals surface area contributed by atoms with E-state index in [1.165, 1.54) is 6.07 Å². The number of carbonyl (C=O) groups excluding carboxylic acids is 1. The molecule has 0 bridgehead atoms. The number of nitrogens with one attached hydrogen (secondary N) is 2. The number of hydrogen-bond acceptors (Lipinski definition) is 13. The minimum absolute atomic E-state index is 0.0849. The van der Waals surface area contributed by atoms with E-state index in [1.807, 2.05) is 7.05 Å². The van der Waals surface area contributed by atoms with Crippen LogP contribution in [0.3, 0.4) is 0 Å². The minimum Gasteiger partial charge on any atom is -0.461 e. The summed E-state index contributed by atoms with van der Waals surface area (Å²) in [5.41, 5.74) is 4.24. The minimum atomic E-state index is -0.782. The van der Waals surface area contributed by atoms with E-state index in [0.29, 0.717) is 52.9 Å². The number of likely N-dealkylation sites (N-methyl/N-ethyl adjacent to an activating group) is 1. The number of thiophene rings is 1. The molecule has 1 fully saturated rings. The van der Waals surface area contributed by atoms with Crippen molar-refractivity contribution >= 4 is 60.8 Å². The second kappa shape index (κ2) is 14.6. The molecule has 1 aliphatic carbocycles. The summed E-state index contributed by atoms with van der Waals surface area (Å²) in [4.78, 5) is 24.7. The number of aryl methyl sites for hydroxylation is 1. The van der Waals surface area contributed by atoms with E-state index in [0.717, 1.165) is 71.7 Å². The molecule has 0 unspecified atom stereocenters. The van der Waals surface area contributed by atoms with Crippen LogP contribution < -0.4 is 15.4 Å². The Hall–Kier alpha value is -4.59. The zero-order valence-electron chi connectivity index (χ0n) is 30.4. The molecule has 2 aliphatic heterocycles. The van der Waals surface area contributed by atoms with E-state index >= 15 is 4.39 Å². The molecular formula is C38H39ClFN7O6S. The topological polar surface area (TPSA) is 157 Å². The lowest BCUT2D eigenvalue weighted by atomic mass is 9.91. The average molecular weight is 776 g/mol. The van der Waals surface area contributed by atoms with Gasteiger partial charge in [-0.3, -0.25) is 5.32 Å².